The number of hydrogen-bond donors (Lipinski definition) is 2. The summed E-state index contributed by atoms with van der Waals surface area (Å²) in [5.74, 6) is -0.214. The van der Waals surface area contributed by atoms with Gasteiger partial charge in [0.25, 0.3) is 0 Å². The molecule has 1 aliphatic rings. The fraction of sp³-hybridized carbons (Fsp3) is 0.522. The summed E-state index contributed by atoms with van der Waals surface area (Å²) in [4.78, 5) is 29.4. The summed E-state index contributed by atoms with van der Waals surface area (Å²) < 4.78 is 0. The molecule has 158 valence electrons. The van der Waals surface area contributed by atoms with Crippen molar-refractivity contribution in [1.29, 1.82) is 0 Å². The maximum absolute atomic E-state index is 12.9. The zero-order valence-electron chi connectivity index (χ0n) is 18.3. The van der Waals surface area contributed by atoms with Crippen molar-refractivity contribution in [2.75, 3.05) is 6.61 Å². The molecule has 1 amide bonds. The molecule has 6 heteroatoms. The van der Waals surface area contributed by atoms with Crippen molar-refractivity contribution < 1.29 is 19.5 Å². The molecule has 0 spiro atoms. The Labute approximate surface area is 173 Å². The van der Waals surface area contributed by atoms with Gasteiger partial charge in [0.2, 0.25) is 5.91 Å². The Morgan fingerprint density at radius 1 is 1.24 bits per heavy atom. The molecule has 1 aromatic carbocycles. The van der Waals surface area contributed by atoms with Crippen LogP contribution >= 0.6 is 0 Å². The van der Waals surface area contributed by atoms with Gasteiger partial charge in [-0.2, -0.15) is 0 Å². The molecule has 29 heavy (non-hydrogen) atoms. The quantitative estimate of drug-likeness (QED) is 0.527. The molecular formula is C23H32N2O4. The van der Waals surface area contributed by atoms with Crippen LogP contribution in [0.4, 0.5) is 0 Å². The lowest BCUT2D eigenvalue weighted by Gasteiger charge is -2.28. The molecular weight excluding hydrogens is 368 g/mol. The highest BCUT2D eigenvalue weighted by molar-refractivity contribution is 6.23. The summed E-state index contributed by atoms with van der Waals surface area (Å²) >= 11 is 0. The first-order valence-corrected chi connectivity index (χ1v) is 10.2. The summed E-state index contributed by atoms with van der Waals surface area (Å²) in [6.07, 6.45) is 1.21. The van der Waals surface area contributed by atoms with E-state index in [0.29, 0.717) is 43.7 Å². The second-order valence-electron chi connectivity index (χ2n) is 7.60. The minimum absolute atomic E-state index is 0.0781. The number of aliphatic hydroxyl groups excluding tert-OH is 1. The van der Waals surface area contributed by atoms with Gasteiger partial charge < -0.3 is 15.3 Å². The van der Waals surface area contributed by atoms with Gasteiger partial charge in [-0.1, -0.05) is 18.1 Å². The number of nitrogens with zero attached hydrogens (tertiary/aromatic N) is 1. The smallest absolute Gasteiger partial charge is 0.217 e. The van der Waals surface area contributed by atoms with E-state index in [0.717, 1.165) is 27.8 Å². The second kappa shape index (κ2) is 9.72. The van der Waals surface area contributed by atoms with E-state index in [1.54, 1.807) is 0 Å². The Morgan fingerprint density at radius 3 is 2.48 bits per heavy atom. The number of Topliss-reactive ketones (excluding diaryl/α,β-unsaturated/α-hetero) is 1. The first-order chi connectivity index (χ1) is 13.7. The van der Waals surface area contributed by atoms with Crippen LogP contribution in [-0.4, -0.2) is 29.1 Å². The van der Waals surface area contributed by atoms with Gasteiger partial charge in [-0.25, -0.2) is 0 Å². The van der Waals surface area contributed by atoms with Crippen LogP contribution in [0.3, 0.4) is 0 Å². The monoisotopic (exact) mass is 400 g/mol. The van der Waals surface area contributed by atoms with Crippen LogP contribution in [0.15, 0.2) is 22.6 Å². The van der Waals surface area contributed by atoms with Crippen molar-refractivity contribution in [2.45, 2.75) is 73.3 Å². The number of ketones is 1. The third-order valence-corrected chi connectivity index (χ3v) is 5.48. The Morgan fingerprint density at radius 2 is 1.93 bits per heavy atom. The van der Waals surface area contributed by atoms with Gasteiger partial charge in [-0.15, -0.1) is 0 Å². The predicted octanol–water partition coefficient (Wildman–Crippen LogP) is 4.31. The second-order valence-corrected chi connectivity index (χ2v) is 7.60. The Balaban J connectivity index is 2.44. The molecule has 0 fully saturated rings. The molecule has 2 N–H and O–H groups in total. The number of hydrogen-bond acceptors (Lipinski definition) is 5. The van der Waals surface area contributed by atoms with E-state index < -0.39 is 0 Å². The molecule has 6 nitrogen and oxygen atoms in total. The number of oxime groups is 1. The van der Waals surface area contributed by atoms with Crippen molar-refractivity contribution in [1.82, 2.24) is 5.32 Å². The molecule has 0 radical (unpaired) electrons. The zero-order valence-corrected chi connectivity index (χ0v) is 18.3. The van der Waals surface area contributed by atoms with E-state index >= 15 is 0 Å². The molecule has 1 atom stereocenters. The maximum Gasteiger partial charge on any atom is 0.217 e. The Bertz CT molecular complexity index is 868. The van der Waals surface area contributed by atoms with Crippen LogP contribution in [0.5, 0.6) is 0 Å². The average Bonchev–Trinajstić information content (AvgIpc) is 2.63. The van der Waals surface area contributed by atoms with Crippen molar-refractivity contribution in [3.8, 4) is 0 Å². The van der Waals surface area contributed by atoms with E-state index in [1.807, 2.05) is 34.6 Å². The third kappa shape index (κ3) is 5.05. The molecule has 0 saturated heterocycles. The molecule has 0 aliphatic heterocycles. The molecule has 0 saturated carbocycles. The predicted molar refractivity (Wildman–Crippen MR) is 114 cm³/mol. The molecule has 1 aromatic rings. The first-order valence-electron chi connectivity index (χ1n) is 10.2. The summed E-state index contributed by atoms with van der Waals surface area (Å²) in [5, 5.41) is 17.6. The van der Waals surface area contributed by atoms with Crippen molar-refractivity contribution in [3.05, 3.63) is 45.2 Å². The lowest BCUT2D eigenvalue weighted by Crippen LogP contribution is -2.25. The van der Waals surface area contributed by atoms with E-state index in [4.69, 9.17) is 4.84 Å². The average molecular weight is 401 g/mol. The number of aryl methyl sites for hydroxylation is 2. The maximum atomic E-state index is 12.9. The molecule has 0 heterocycles. The highest BCUT2D eigenvalue weighted by Gasteiger charge is 2.33. The van der Waals surface area contributed by atoms with E-state index in [2.05, 4.69) is 16.5 Å². The fourth-order valence-electron chi connectivity index (χ4n) is 4.21. The van der Waals surface area contributed by atoms with Gasteiger partial charge in [0.05, 0.1) is 11.3 Å². The number of carbonyl (C=O) groups is 2. The molecule has 1 unspecified atom stereocenters. The summed E-state index contributed by atoms with van der Waals surface area (Å²) in [6, 6.07) is 2.09. The number of nitrogens with one attached hydrogen (secondary N) is 1. The van der Waals surface area contributed by atoms with Crippen LogP contribution in [0.25, 0.3) is 0 Å². The highest BCUT2D eigenvalue weighted by Crippen LogP contribution is 2.39. The number of carbonyl (C=O) groups excluding carboxylic acids is 2. The molecule has 0 aromatic heterocycles. The minimum atomic E-state index is -0.109. The molecule has 0 bridgehead atoms. The number of benzene rings is 1. The number of rotatable bonds is 7. The summed E-state index contributed by atoms with van der Waals surface area (Å²) in [7, 11) is 0. The lowest BCUT2D eigenvalue weighted by atomic mass is 9.76. The Kier molecular flexibility index (Phi) is 7.59. The van der Waals surface area contributed by atoms with Crippen LogP contribution < -0.4 is 5.32 Å². The lowest BCUT2D eigenvalue weighted by molar-refractivity contribution is -0.119. The molecule has 1 aliphatic carbocycles. The van der Waals surface area contributed by atoms with Crippen LogP contribution in [0, 0.1) is 20.8 Å². The third-order valence-electron chi connectivity index (χ3n) is 5.48. The summed E-state index contributed by atoms with van der Waals surface area (Å²) in [5.41, 5.74) is 6.22. The SMILES string of the molecule is CCON=C(CC)C1=C(O)CC(c2c(C)cc(C)c(CNC(C)=O)c2C)CC1=O. The van der Waals surface area contributed by atoms with Gasteiger partial charge >= 0.3 is 0 Å². The molecule has 2 rings (SSSR count). The highest BCUT2D eigenvalue weighted by atomic mass is 16.6. The number of aliphatic hydroxyl groups is 1. The van der Waals surface area contributed by atoms with Gasteiger partial charge in [0.15, 0.2) is 5.78 Å². The number of allylic oxidation sites excluding steroid dienone is 2. The van der Waals surface area contributed by atoms with Gasteiger partial charge in [0.1, 0.15) is 12.4 Å². The van der Waals surface area contributed by atoms with Gasteiger partial charge in [-0.05, 0) is 67.9 Å². The van der Waals surface area contributed by atoms with Crippen LogP contribution in [0.1, 0.15) is 73.8 Å². The minimum Gasteiger partial charge on any atom is -0.511 e. The van der Waals surface area contributed by atoms with Gasteiger partial charge in [0, 0.05) is 26.3 Å². The van der Waals surface area contributed by atoms with Crippen molar-refractivity contribution in [2.24, 2.45) is 5.16 Å². The fourth-order valence-corrected chi connectivity index (χ4v) is 4.21. The van der Waals surface area contributed by atoms with E-state index in [1.165, 1.54) is 6.92 Å². The number of amides is 1. The Hall–Kier alpha value is -2.63. The standard InChI is InChI=1S/C23H32N2O4/c1-7-19(25-29-8-2)23-20(27)10-17(11-21(23)28)22-14(4)9-13(3)18(15(22)5)12-24-16(6)26/h9,17,27H,7-8,10-12H2,1-6H3,(H,24,26). The summed E-state index contributed by atoms with van der Waals surface area (Å²) in [6.45, 7) is 12.2. The largest absolute Gasteiger partial charge is 0.511 e. The van der Waals surface area contributed by atoms with Crippen LogP contribution in [-0.2, 0) is 21.0 Å². The normalized spacial score (nSPS) is 17.5. The topological polar surface area (TPSA) is 88.0 Å². The van der Waals surface area contributed by atoms with Crippen molar-refractivity contribution >= 4 is 17.4 Å². The van der Waals surface area contributed by atoms with E-state index in [9.17, 15) is 14.7 Å². The van der Waals surface area contributed by atoms with E-state index in [-0.39, 0.29) is 23.4 Å². The van der Waals surface area contributed by atoms with Crippen LogP contribution in [0.2, 0.25) is 0 Å². The zero-order chi connectivity index (χ0) is 21.7. The van der Waals surface area contributed by atoms with Gasteiger partial charge in [-0.3, -0.25) is 9.59 Å². The first kappa shape index (κ1) is 22.7. The van der Waals surface area contributed by atoms with Crippen molar-refractivity contribution in [3.63, 3.8) is 0 Å².